The number of carbonyl (C=O) groups is 4. The van der Waals surface area contributed by atoms with Crippen LogP contribution < -0.4 is 10.6 Å². The summed E-state index contributed by atoms with van der Waals surface area (Å²) < 4.78 is 9.45. The molecule has 29 heavy (non-hydrogen) atoms. The molecule has 0 aliphatic carbocycles. The number of rotatable bonds is 8. The average Bonchev–Trinajstić information content (AvgIpc) is 2.74. The first-order valence-corrected chi connectivity index (χ1v) is 8.83. The highest BCUT2D eigenvalue weighted by molar-refractivity contribution is 5.96. The van der Waals surface area contributed by atoms with Gasteiger partial charge in [-0.3, -0.25) is 14.4 Å². The van der Waals surface area contributed by atoms with E-state index in [0.717, 1.165) is 11.1 Å². The molecule has 0 atom stereocenters. The Morgan fingerprint density at radius 3 is 2.10 bits per heavy atom. The molecule has 0 radical (unpaired) electrons. The van der Waals surface area contributed by atoms with Crippen molar-refractivity contribution in [2.75, 3.05) is 20.3 Å². The predicted molar refractivity (Wildman–Crippen MR) is 104 cm³/mol. The van der Waals surface area contributed by atoms with E-state index in [2.05, 4.69) is 15.4 Å². The van der Waals surface area contributed by atoms with Gasteiger partial charge in [0, 0.05) is 12.1 Å². The van der Waals surface area contributed by atoms with Gasteiger partial charge >= 0.3 is 11.9 Å². The minimum atomic E-state index is -0.719. The van der Waals surface area contributed by atoms with Gasteiger partial charge in [0.25, 0.3) is 11.8 Å². The Kier molecular flexibility index (Phi) is 7.90. The molecule has 2 N–H and O–H groups in total. The number of methoxy groups -OCH3 is 1. The Balaban J connectivity index is 1.67. The van der Waals surface area contributed by atoms with Crippen LogP contribution in [0.5, 0.6) is 0 Å². The van der Waals surface area contributed by atoms with E-state index in [1.807, 2.05) is 6.92 Å². The summed E-state index contributed by atoms with van der Waals surface area (Å²) in [6.45, 7) is 1.32. The standard InChI is InChI=1S/C21H22N2O6/c1-14-3-7-16(8-4-14)20(26)23-12-19(25)29-13-18(24)22-11-15-5-9-17(10-6-15)21(27)28-2/h3-10H,11-13H2,1-2H3,(H,22,24)(H,23,26). The van der Waals surface area contributed by atoms with E-state index in [0.29, 0.717) is 11.1 Å². The Morgan fingerprint density at radius 2 is 1.48 bits per heavy atom. The Labute approximate surface area is 168 Å². The number of esters is 2. The molecule has 0 fully saturated rings. The summed E-state index contributed by atoms with van der Waals surface area (Å²) in [5.41, 5.74) is 2.62. The summed E-state index contributed by atoms with van der Waals surface area (Å²) in [5.74, 6) is -2.05. The zero-order valence-electron chi connectivity index (χ0n) is 16.2. The largest absolute Gasteiger partial charge is 0.465 e. The maximum Gasteiger partial charge on any atom is 0.337 e. The lowest BCUT2D eigenvalue weighted by atomic mass is 10.1. The van der Waals surface area contributed by atoms with Crippen molar-refractivity contribution in [1.82, 2.24) is 10.6 Å². The van der Waals surface area contributed by atoms with Crippen LogP contribution in [0.1, 0.15) is 31.8 Å². The van der Waals surface area contributed by atoms with Crippen LogP contribution in [0.3, 0.4) is 0 Å². The Morgan fingerprint density at radius 1 is 0.862 bits per heavy atom. The summed E-state index contributed by atoms with van der Waals surface area (Å²) >= 11 is 0. The highest BCUT2D eigenvalue weighted by Crippen LogP contribution is 2.05. The summed E-state index contributed by atoms with van der Waals surface area (Å²) in [6.07, 6.45) is 0. The molecule has 0 saturated heterocycles. The molecule has 2 rings (SSSR count). The zero-order valence-corrected chi connectivity index (χ0v) is 16.2. The smallest absolute Gasteiger partial charge is 0.337 e. The SMILES string of the molecule is COC(=O)c1ccc(CNC(=O)COC(=O)CNC(=O)c2ccc(C)cc2)cc1. The number of aryl methyl sites for hydroxylation is 1. The van der Waals surface area contributed by atoms with Crippen LogP contribution in [0, 0.1) is 6.92 Å². The quantitative estimate of drug-likeness (QED) is 0.650. The third-order valence-corrected chi connectivity index (χ3v) is 3.94. The van der Waals surface area contributed by atoms with Gasteiger partial charge < -0.3 is 20.1 Å². The predicted octanol–water partition coefficient (Wildman–Crippen LogP) is 1.37. The molecule has 152 valence electrons. The molecule has 0 aliphatic heterocycles. The fourth-order valence-electron chi connectivity index (χ4n) is 2.28. The Bertz CT molecular complexity index is 875. The topological polar surface area (TPSA) is 111 Å². The lowest BCUT2D eigenvalue weighted by molar-refractivity contribution is -0.147. The molecule has 0 aromatic heterocycles. The van der Waals surface area contributed by atoms with Crippen LogP contribution in [0.4, 0.5) is 0 Å². The maximum absolute atomic E-state index is 11.9. The third-order valence-electron chi connectivity index (χ3n) is 3.94. The lowest BCUT2D eigenvalue weighted by Crippen LogP contribution is -2.33. The van der Waals surface area contributed by atoms with Gasteiger partial charge in [-0.05, 0) is 36.8 Å². The first kappa shape index (κ1) is 21.6. The maximum atomic E-state index is 11.9. The van der Waals surface area contributed by atoms with E-state index >= 15 is 0 Å². The minimum Gasteiger partial charge on any atom is -0.465 e. The van der Waals surface area contributed by atoms with E-state index in [1.54, 1.807) is 48.5 Å². The number of ether oxygens (including phenoxy) is 2. The van der Waals surface area contributed by atoms with Crippen molar-refractivity contribution in [1.29, 1.82) is 0 Å². The van der Waals surface area contributed by atoms with Gasteiger partial charge in [0.15, 0.2) is 6.61 Å². The lowest BCUT2D eigenvalue weighted by Gasteiger charge is -2.08. The molecule has 0 bridgehead atoms. The van der Waals surface area contributed by atoms with Gasteiger partial charge in [-0.1, -0.05) is 29.8 Å². The van der Waals surface area contributed by atoms with Gasteiger partial charge in [-0.15, -0.1) is 0 Å². The van der Waals surface area contributed by atoms with E-state index in [1.165, 1.54) is 7.11 Å². The first-order chi connectivity index (χ1) is 13.9. The fourth-order valence-corrected chi connectivity index (χ4v) is 2.28. The van der Waals surface area contributed by atoms with Crippen LogP contribution in [0.15, 0.2) is 48.5 Å². The molecule has 8 nitrogen and oxygen atoms in total. The van der Waals surface area contributed by atoms with Gasteiger partial charge in [-0.25, -0.2) is 4.79 Å². The molecule has 0 heterocycles. The molecule has 8 heteroatoms. The Hall–Kier alpha value is -3.68. The molecule has 0 aliphatic rings. The molecule has 2 aromatic carbocycles. The second kappa shape index (κ2) is 10.6. The van der Waals surface area contributed by atoms with Crippen molar-refractivity contribution in [2.24, 2.45) is 0 Å². The van der Waals surface area contributed by atoms with Crippen LogP contribution in [0.25, 0.3) is 0 Å². The number of hydrogen-bond acceptors (Lipinski definition) is 6. The van der Waals surface area contributed by atoms with Gasteiger partial charge in [0.1, 0.15) is 6.54 Å². The van der Waals surface area contributed by atoms with Crippen molar-refractivity contribution >= 4 is 23.8 Å². The molecular formula is C21H22N2O6. The van der Waals surface area contributed by atoms with Crippen LogP contribution in [-0.4, -0.2) is 44.0 Å². The molecule has 0 spiro atoms. The van der Waals surface area contributed by atoms with Crippen molar-refractivity contribution in [3.63, 3.8) is 0 Å². The molecule has 2 aromatic rings. The fraction of sp³-hybridized carbons (Fsp3) is 0.238. The number of benzene rings is 2. The second-order valence-corrected chi connectivity index (χ2v) is 6.17. The van der Waals surface area contributed by atoms with Gasteiger partial charge in [0.2, 0.25) is 0 Å². The third kappa shape index (κ3) is 7.10. The molecular weight excluding hydrogens is 376 g/mol. The normalized spacial score (nSPS) is 10.0. The van der Waals surface area contributed by atoms with E-state index in [-0.39, 0.29) is 13.1 Å². The van der Waals surface area contributed by atoms with E-state index in [4.69, 9.17) is 4.74 Å². The number of nitrogens with one attached hydrogen (secondary N) is 2. The number of carbonyl (C=O) groups excluding carboxylic acids is 4. The average molecular weight is 398 g/mol. The summed E-state index contributed by atoms with van der Waals surface area (Å²) in [5, 5.41) is 5.03. The summed E-state index contributed by atoms with van der Waals surface area (Å²) in [4.78, 5) is 46.7. The van der Waals surface area contributed by atoms with E-state index in [9.17, 15) is 19.2 Å². The minimum absolute atomic E-state index is 0.210. The molecule has 0 saturated carbocycles. The van der Waals surface area contributed by atoms with Crippen molar-refractivity contribution in [2.45, 2.75) is 13.5 Å². The summed E-state index contributed by atoms with van der Waals surface area (Å²) in [7, 11) is 1.30. The van der Waals surface area contributed by atoms with Crippen LogP contribution in [-0.2, 0) is 25.6 Å². The van der Waals surface area contributed by atoms with Gasteiger partial charge in [0.05, 0.1) is 12.7 Å². The monoisotopic (exact) mass is 398 g/mol. The molecule has 2 amide bonds. The van der Waals surface area contributed by atoms with E-state index < -0.39 is 30.4 Å². The zero-order chi connectivity index (χ0) is 21.2. The molecule has 0 unspecified atom stereocenters. The first-order valence-electron chi connectivity index (χ1n) is 8.83. The highest BCUT2D eigenvalue weighted by Gasteiger charge is 2.11. The van der Waals surface area contributed by atoms with Crippen molar-refractivity contribution in [3.8, 4) is 0 Å². The van der Waals surface area contributed by atoms with Crippen LogP contribution in [0.2, 0.25) is 0 Å². The summed E-state index contributed by atoms with van der Waals surface area (Å²) in [6, 6.07) is 13.4. The second-order valence-electron chi connectivity index (χ2n) is 6.17. The number of hydrogen-bond donors (Lipinski definition) is 2. The number of amides is 2. The van der Waals surface area contributed by atoms with Crippen molar-refractivity contribution < 1.29 is 28.7 Å². The van der Waals surface area contributed by atoms with Crippen molar-refractivity contribution in [3.05, 3.63) is 70.8 Å². The van der Waals surface area contributed by atoms with Crippen LogP contribution >= 0.6 is 0 Å². The highest BCUT2D eigenvalue weighted by atomic mass is 16.5. The van der Waals surface area contributed by atoms with Gasteiger partial charge in [-0.2, -0.15) is 0 Å².